The zero-order chi connectivity index (χ0) is 20.3. The number of methoxy groups -OCH3 is 1. The summed E-state index contributed by atoms with van der Waals surface area (Å²) in [6.07, 6.45) is 0.790. The summed E-state index contributed by atoms with van der Waals surface area (Å²) in [5.74, 6) is -0.316. The first kappa shape index (κ1) is 19.3. The Morgan fingerprint density at radius 3 is 2.50 bits per heavy atom. The van der Waals surface area contributed by atoms with Gasteiger partial charge in [-0.25, -0.2) is 0 Å². The number of nitrogens with zero attached hydrogens (tertiary/aromatic N) is 2. The van der Waals surface area contributed by atoms with Crippen molar-refractivity contribution in [3.8, 4) is 5.75 Å². The molecule has 2 amide bonds. The number of anilines is 2. The van der Waals surface area contributed by atoms with E-state index < -0.39 is 10.8 Å². The van der Waals surface area contributed by atoms with Gasteiger partial charge >= 0.3 is 0 Å². The number of imide groups is 1. The average Bonchev–Trinajstić information content (AvgIpc) is 2.94. The molecule has 0 aromatic heterocycles. The quantitative estimate of drug-likeness (QED) is 0.448. The molecule has 2 aromatic carbocycles. The van der Waals surface area contributed by atoms with Gasteiger partial charge in [-0.1, -0.05) is 19.1 Å². The van der Waals surface area contributed by atoms with E-state index in [1.807, 2.05) is 24.3 Å². The van der Waals surface area contributed by atoms with E-state index in [2.05, 4.69) is 5.32 Å². The standard InChI is InChI=1S/C20H21N3O5/c1-13-11-19(24)22(20(13)25)15-5-8-17(18(12-15)23(26)27)21-10-9-14-3-6-16(28-2)7-4-14/h3-8,12-13,21H,9-11H2,1-2H3/t13-/m0/s1. The normalized spacial score (nSPS) is 16.4. The first-order valence-corrected chi connectivity index (χ1v) is 8.92. The Labute approximate surface area is 162 Å². The van der Waals surface area contributed by atoms with Gasteiger partial charge < -0.3 is 10.1 Å². The first-order chi connectivity index (χ1) is 13.4. The van der Waals surface area contributed by atoms with Crippen molar-refractivity contribution in [2.75, 3.05) is 23.9 Å². The molecule has 2 aromatic rings. The SMILES string of the molecule is COc1ccc(CCNc2ccc(N3C(=O)C[C@H](C)C3=O)cc2[N+](=O)[O-])cc1. The van der Waals surface area contributed by atoms with E-state index in [-0.39, 0.29) is 29.6 Å². The molecular formula is C20H21N3O5. The Bertz CT molecular complexity index is 911. The van der Waals surface area contributed by atoms with Gasteiger partial charge in [0.15, 0.2) is 0 Å². The van der Waals surface area contributed by atoms with Crippen LogP contribution in [0.25, 0.3) is 0 Å². The first-order valence-electron chi connectivity index (χ1n) is 8.92. The summed E-state index contributed by atoms with van der Waals surface area (Å²) < 4.78 is 5.12. The Balaban J connectivity index is 1.73. The van der Waals surface area contributed by atoms with Crippen LogP contribution < -0.4 is 15.0 Å². The maximum atomic E-state index is 12.2. The van der Waals surface area contributed by atoms with Crippen LogP contribution in [0.15, 0.2) is 42.5 Å². The molecule has 1 fully saturated rings. The number of carbonyl (C=O) groups is 2. The molecule has 1 aliphatic rings. The molecule has 1 aliphatic heterocycles. The maximum Gasteiger partial charge on any atom is 0.294 e. The second-order valence-electron chi connectivity index (χ2n) is 6.66. The van der Waals surface area contributed by atoms with Gasteiger partial charge in [0.25, 0.3) is 5.69 Å². The monoisotopic (exact) mass is 383 g/mol. The third kappa shape index (κ3) is 3.95. The van der Waals surface area contributed by atoms with Crippen molar-refractivity contribution in [3.63, 3.8) is 0 Å². The number of amides is 2. The summed E-state index contributed by atoms with van der Waals surface area (Å²) in [6.45, 7) is 2.16. The number of nitro benzene ring substituents is 1. The lowest BCUT2D eigenvalue weighted by Crippen LogP contribution is -2.30. The molecule has 0 spiro atoms. The van der Waals surface area contributed by atoms with Crippen LogP contribution in [0.2, 0.25) is 0 Å². The highest BCUT2D eigenvalue weighted by atomic mass is 16.6. The van der Waals surface area contributed by atoms with Crippen LogP contribution in [0.5, 0.6) is 5.75 Å². The van der Waals surface area contributed by atoms with Gasteiger partial charge in [-0.15, -0.1) is 0 Å². The second kappa shape index (κ2) is 8.08. The van der Waals surface area contributed by atoms with Gasteiger partial charge in [0, 0.05) is 24.9 Å². The number of hydrogen-bond donors (Lipinski definition) is 1. The number of ether oxygens (including phenoxy) is 1. The molecule has 0 bridgehead atoms. The summed E-state index contributed by atoms with van der Waals surface area (Å²) >= 11 is 0. The lowest BCUT2D eigenvalue weighted by Gasteiger charge is -2.15. The molecule has 0 aliphatic carbocycles. The summed E-state index contributed by atoms with van der Waals surface area (Å²) in [5, 5.41) is 14.5. The average molecular weight is 383 g/mol. The maximum absolute atomic E-state index is 12.2. The molecule has 1 heterocycles. The van der Waals surface area contributed by atoms with Gasteiger partial charge in [0.2, 0.25) is 11.8 Å². The topological polar surface area (TPSA) is 102 Å². The summed E-state index contributed by atoms with van der Waals surface area (Å²) in [4.78, 5) is 36.2. The van der Waals surface area contributed by atoms with Crippen molar-refractivity contribution in [1.82, 2.24) is 0 Å². The summed E-state index contributed by atoms with van der Waals surface area (Å²) in [5.41, 5.74) is 1.46. The predicted octanol–water partition coefficient (Wildman–Crippen LogP) is 3.16. The third-order valence-electron chi connectivity index (χ3n) is 4.70. The van der Waals surface area contributed by atoms with Gasteiger partial charge in [-0.05, 0) is 36.2 Å². The van der Waals surface area contributed by atoms with Crippen molar-refractivity contribution in [2.24, 2.45) is 5.92 Å². The van der Waals surface area contributed by atoms with Crippen LogP contribution in [0.1, 0.15) is 18.9 Å². The number of hydrogen-bond acceptors (Lipinski definition) is 6. The molecule has 0 unspecified atom stereocenters. The Morgan fingerprint density at radius 2 is 1.93 bits per heavy atom. The molecule has 3 rings (SSSR count). The number of rotatable bonds is 7. The Morgan fingerprint density at radius 1 is 1.21 bits per heavy atom. The van der Waals surface area contributed by atoms with E-state index in [0.29, 0.717) is 18.7 Å². The molecule has 1 N–H and O–H groups in total. The van der Waals surface area contributed by atoms with E-state index in [4.69, 9.17) is 4.74 Å². The van der Waals surface area contributed by atoms with Crippen molar-refractivity contribution in [3.05, 3.63) is 58.1 Å². The van der Waals surface area contributed by atoms with Crippen LogP contribution in [-0.4, -0.2) is 30.4 Å². The smallest absolute Gasteiger partial charge is 0.294 e. The van der Waals surface area contributed by atoms with E-state index in [1.54, 1.807) is 20.1 Å². The summed E-state index contributed by atoms with van der Waals surface area (Å²) in [6, 6.07) is 11.9. The number of benzene rings is 2. The van der Waals surface area contributed by atoms with Crippen LogP contribution in [0.4, 0.5) is 17.1 Å². The van der Waals surface area contributed by atoms with Crippen molar-refractivity contribution >= 4 is 28.9 Å². The molecule has 1 saturated heterocycles. The van der Waals surface area contributed by atoms with Crippen LogP contribution in [0.3, 0.4) is 0 Å². The lowest BCUT2D eigenvalue weighted by molar-refractivity contribution is -0.383. The molecular weight excluding hydrogens is 362 g/mol. The molecule has 146 valence electrons. The van der Waals surface area contributed by atoms with E-state index >= 15 is 0 Å². The zero-order valence-electron chi connectivity index (χ0n) is 15.7. The minimum absolute atomic E-state index is 0.120. The van der Waals surface area contributed by atoms with Gasteiger partial charge in [0.05, 0.1) is 17.7 Å². The van der Waals surface area contributed by atoms with Gasteiger partial charge in [-0.2, -0.15) is 0 Å². The van der Waals surface area contributed by atoms with Gasteiger partial charge in [0.1, 0.15) is 11.4 Å². The molecule has 8 heteroatoms. The fourth-order valence-electron chi connectivity index (χ4n) is 3.15. The van der Waals surface area contributed by atoms with Crippen molar-refractivity contribution < 1.29 is 19.2 Å². The van der Waals surface area contributed by atoms with Crippen LogP contribution in [0, 0.1) is 16.0 Å². The molecule has 0 saturated carbocycles. The van der Waals surface area contributed by atoms with E-state index in [9.17, 15) is 19.7 Å². The van der Waals surface area contributed by atoms with Crippen LogP contribution in [-0.2, 0) is 16.0 Å². The van der Waals surface area contributed by atoms with Crippen molar-refractivity contribution in [2.45, 2.75) is 19.8 Å². The largest absolute Gasteiger partial charge is 0.497 e. The van der Waals surface area contributed by atoms with Crippen LogP contribution >= 0.6 is 0 Å². The zero-order valence-corrected chi connectivity index (χ0v) is 15.7. The fourth-order valence-corrected chi connectivity index (χ4v) is 3.15. The summed E-state index contributed by atoms with van der Waals surface area (Å²) in [7, 11) is 1.60. The lowest BCUT2D eigenvalue weighted by atomic mass is 10.1. The number of nitrogens with one attached hydrogen (secondary N) is 1. The van der Waals surface area contributed by atoms with Crippen molar-refractivity contribution in [1.29, 1.82) is 0 Å². The Kier molecular flexibility index (Phi) is 5.58. The van der Waals surface area contributed by atoms with E-state index in [1.165, 1.54) is 12.1 Å². The van der Waals surface area contributed by atoms with Gasteiger partial charge in [-0.3, -0.25) is 24.6 Å². The molecule has 28 heavy (non-hydrogen) atoms. The minimum atomic E-state index is -0.520. The molecule has 0 radical (unpaired) electrons. The Hall–Kier alpha value is -3.42. The minimum Gasteiger partial charge on any atom is -0.497 e. The highest BCUT2D eigenvalue weighted by Gasteiger charge is 2.37. The number of carbonyl (C=O) groups excluding carboxylic acids is 2. The van der Waals surface area contributed by atoms with E-state index in [0.717, 1.165) is 16.2 Å². The second-order valence-corrected chi connectivity index (χ2v) is 6.66. The molecule has 1 atom stereocenters. The number of nitro groups is 1. The predicted molar refractivity (Wildman–Crippen MR) is 105 cm³/mol. The third-order valence-corrected chi connectivity index (χ3v) is 4.70. The molecule has 8 nitrogen and oxygen atoms in total. The highest BCUT2D eigenvalue weighted by molar-refractivity contribution is 6.21. The fraction of sp³-hybridized carbons (Fsp3) is 0.300. The highest BCUT2D eigenvalue weighted by Crippen LogP contribution is 2.33.